The van der Waals surface area contributed by atoms with E-state index in [-0.39, 0.29) is 0 Å². The normalized spacial score (nSPS) is 18.1. The lowest BCUT2D eigenvalue weighted by Crippen LogP contribution is -2.25. The van der Waals surface area contributed by atoms with E-state index in [2.05, 4.69) is 17.2 Å². The monoisotopic (exact) mass is 229 g/mol. The van der Waals surface area contributed by atoms with Gasteiger partial charge in [-0.25, -0.2) is 0 Å². The molecule has 2 rings (SSSR count). The second kappa shape index (κ2) is 5.75. The average Bonchev–Trinajstić information content (AvgIpc) is 2.34. The maximum absolute atomic E-state index is 9.48. The standard InChI is InChI=1S/C15H19NO/c1-2-3-4-10-16-15-7-5-6-12-11-13(17)8-9-14(12)15/h8-9,11,15-17H,4-7,10H2,1H3. The second-order valence-corrected chi connectivity index (χ2v) is 4.46. The van der Waals surface area contributed by atoms with E-state index in [9.17, 15) is 5.11 Å². The summed E-state index contributed by atoms with van der Waals surface area (Å²) in [6, 6.07) is 6.16. The van der Waals surface area contributed by atoms with Crippen LogP contribution in [-0.2, 0) is 6.42 Å². The second-order valence-electron chi connectivity index (χ2n) is 4.46. The highest BCUT2D eigenvalue weighted by molar-refractivity contribution is 5.38. The predicted molar refractivity (Wildman–Crippen MR) is 69.9 cm³/mol. The molecule has 2 nitrogen and oxygen atoms in total. The van der Waals surface area contributed by atoms with Gasteiger partial charge >= 0.3 is 0 Å². The highest BCUT2D eigenvalue weighted by atomic mass is 16.3. The summed E-state index contributed by atoms with van der Waals surface area (Å²) >= 11 is 0. The maximum atomic E-state index is 9.48. The van der Waals surface area contributed by atoms with Gasteiger partial charge in [-0.15, -0.1) is 11.8 Å². The van der Waals surface area contributed by atoms with Gasteiger partial charge in [0, 0.05) is 19.0 Å². The predicted octanol–water partition coefficient (Wildman–Crippen LogP) is 2.77. The van der Waals surface area contributed by atoms with Crippen LogP contribution in [0.15, 0.2) is 18.2 Å². The summed E-state index contributed by atoms with van der Waals surface area (Å²) < 4.78 is 0. The first-order valence-electron chi connectivity index (χ1n) is 6.26. The molecule has 0 spiro atoms. The SMILES string of the molecule is CC#CCCNC1CCCc2cc(O)ccc21. The van der Waals surface area contributed by atoms with E-state index in [1.54, 1.807) is 6.07 Å². The molecule has 1 aliphatic carbocycles. The molecule has 17 heavy (non-hydrogen) atoms. The smallest absolute Gasteiger partial charge is 0.115 e. The van der Waals surface area contributed by atoms with Gasteiger partial charge in [-0.05, 0) is 49.4 Å². The minimum Gasteiger partial charge on any atom is -0.508 e. The van der Waals surface area contributed by atoms with Gasteiger partial charge < -0.3 is 10.4 Å². The van der Waals surface area contributed by atoms with Crippen molar-refractivity contribution in [3.8, 4) is 17.6 Å². The molecule has 1 unspecified atom stereocenters. The summed E-state index contributed by atoms with van der Waals surface area (Å²) in [5.74, 6) is 6.35. The lowest BCUT2D eigenvalue weighted by molar-refractivity contribution is 0.454. The highest BCUT2D eigenvalue weighted by Gasteiger charge is 2.19. The molecular weight excluding hydrogens is 210 g/mol. The summed E-state index contributed by atoms with van der Waals surface area (Å²) in [7, 11) is 0. The number of hydrogen-bond acceptors (Lipinski definition) is 2. The average molecular weight is 229 g/mol. The minimum absolute atomic E-state index is 0.376. The molecule has 0 radical (unpaired) electrons. The Labute approximate surface area is 103 Å². The van der Waals surface area contributed by atoms with Crippen molar-refractivity contribution >= 4 is 0 Å². The number of aryl methyl sites for hydroxylation is 1. The van der Waals surface area contributed by atoms with Crippen molar-refractivity contribution in [2.24, 2.45) is 0 Å². The molecule has 2 heteroatoms. The molecule has 0 saturated heterocycles. The number of fused-ring (bicyclic) bond motifs is 1. The molecule has 1 atom stereocenters. The van der Waals surface area contributed by atoms with Crippen LogP contribution in [0.1, 0.15) is 43.4 Å². The summed E-state index contributed by atoms with van der Waals surface area (Å²) in [5, 5.41) is 13.0. The van der Waals surface area contributed by atoms with Crippen molar-refractivity contribution in [2.75, 3.05) is 6.54 Å². The van der Waals surface area contributed by atoms with Crippen LogP contribution in [0.25, 0.3) is 0 Å². The van der Waals surface area contributed by atoms with Gasteiger partial charge in [0.05, 0.1) is 0 Å². The Hall–Kier alpha value is -1.46. The number of phenols is 1. The van der Waals surface area contributed by atoms with Crippen LogP contribution in [0.4, 0.5) is 0 Å². The lowest BCUT2D eigenvalue weighted by atomic mass is 9.87. The van der Waals surface area contributed by atoms with Gasteiger partial charge in [-0.3, -0.25) is 0 Å². The van der Waals surface area contributed by atoms with E-state index in [1.165, 1.54) is 24.0 Å². The number of aromatic hydroxyl groups is 1. The van der Waals surface area contributed by atoms with Crippen molar-refractivity contribution in [3.05, 3.63) is 29.3 Å². The van der Waals surface area contributed by atoms with E-state index in [0.29, 0.717) is 11.8 Å². The van der Waals surface area contributed by atoms with E-state index >= 15 is 0 Å². The number of nitrogens with one attached hydrogen (secondary N) is 1. The van der Waals surface area contributed by atoms with E-state index in [4.69, 9.17) is 0 Å². The summed E-state index contributed by atoms with van der Waals surface area (Å²) in [6.45, 7) is 2.81. The zero-order valence-electron chi connectivity index (χ0n) is 10.3. The zero-order chi connectivity index (χ0) is 12.1. The first-order chi connectivity index (χ1) is 8.31. The number of benzene rings is 1. The Balaban J connectivity index is 2.03. The van der Waals surface area contributed by atoms with Crippen molar-refractivity contribution in [2.45, 2.75) is 38.6 Å². The first-order valence-corrected chi connectivity index (χ1v) is 6.26. The third kappa shape index (κ3) is 3.01. The van der Waals surface area contributed by atoms with Gasteiger partial charge in [-0.1, -0.05) is 6.07 Å². The third-order valence-corrected chi connectivity index (χ3v) is 3.26. The van der Waals surface area contributed by atoms with Crippen LogP contribution in [-0.4, -0.2) is 11.7 Å². The van der Waals surface area contributed by atoms with Crippen molar-refractivity contribution in [1.29, 1.82) is 0 Å². The van der Waals surface area contributed by atoms with E-state index in [1.807, 2.05) is 19.1 Å². The van der Waals surface area contributed by atoms with Gasteiger partial charge in [0.1, 0.15) is 5.75 Å². The zero-order valence-corrected chi connectivity index (χ0v) is 10.3. The quantitative estimate of drug-likeness (QED) is 0.617. The molecule has 0 fully saturated rings. The van der Waals surface area contributed by atoms with E-state index < -0.39 is 0 Å². The van der Waals surface area contributed by atoms with Crippen LogP contribution < -0.4 is 5.32 Å². The lowest BCUT2D eigenvalue weighted by Gasteiger charge is -2.26. The molecular formula is C15H19NO. The van der Waals surface area contributed by atoms with Crippen LogP contribution in [0.2, 0.25) is 0 Å². The van der Waals surface area contributed by atoms with Gasteiger partial charge in [-0.2, -0.15) is 0 Å². The minimum atomic E-state index is 0.376. The number of phenolic OH excluding ortho intramolecular Hbond substituents is 1. The maximum Gasteiger partial charge on any atom is 0.115 e. The van der Waals surface area contributed by atoms with Crippen LogP contribution >= 0.6 is 0 Å². The first kappa shape index (κ1) is 12.0. The Morgan fingerprint density at radius 2 is 2.35 bits per heavy atom. The Morgan fingerprint density at radius 1 is 1.47 bits per heavy atom. The van der Waals surface area contributed by atoms with Crippen LogP contribution in [0, 0.1) is 11.8 Å². The summed E-state index contributed by atoms with van der Waals surface area (Å²) in [5.41, 5.74) is 2.63. The molecule has 0 bridgehead atoms. The van der Waals surface area contributed by atoms with Crippen molar-refractivity contribution < 1.29 is 5.11 Å². The van der Waals surface area contributed by atoms with Gasteiger partial charge in [0.25, 0.3) is 0 Å². The molecule has 2 N–H and O–H groups in total. The molecule has 0 amide bonds. The molecule has 0 aromatic heterocycles. The fourth-order valence-electron chi connectivity index (χ4n) is 2.45. The molecule has 0 heterocycles. The van der Waals surface area contributed by atoms with E-state index in [0.717, 1.165) is 19.4 Å². The Morgan fingerprint density at radius 3 is 3.18 bits per heavy atom. The fourth-order valence-corrected chi connectivity index (χ4v) is 2.45. The molecule has 90 valence electrons. The molecule has 1 aromatic carbocycles. The number of rotatable bonds is 3. The summed E-state index contributed by atoms with van der Waals surface area (Å²) in [6.07, 6.45) is 4.35. The molecule has 0 saturated carbocycles. The fraction of sp³-hybridized carbons (Fsp3) is 0.467. The Bertz CT molecular complexity index is 442. The topological polar surface area (TPSA) is 32.3 Å². The van der Waals surface area contributed by atoms with Crippen molar-refractivity contribution in [1.82, 2.24) is 5.32 Å². The summed E-state index contributed by atoms with van der Waals surface area (Å²) in [4.78, 5) is 0. The third-order valence-electron chi connectivity index (χ3n) is 3.26. The largest absolute Gasteiger partial charge is 0.508 e. The van der Waals surface area contributed by atoms with Crippen LogP contribution in [0.3, 0.4) is 0 Å². The highest BCUT2D eigenvalue weighted by Crippen LogP contribution is 2.31. The van der Waals surface area contributed by atoms with Gasteiger partial charge in [0.15, 0.2) is 0 Å². The van der Waals surface area contributed by atoms with Crippen LogP contribution in [0.5, 0.6) is 5.75 Å². The molecule has 0 aliphatic heterocycles. The van der Waals surface area contributed by atoms with Gasteiger partial charge in [0.2, 0.25) is 0 Å². The number of hydrogen-bond donors (Lipinski definition) is 2. The Kier molecular flexibility index (Phi) is 4.06. The van der Waals surface area contributed by atoms with Crippen molar-refractivity contribution in [3.63, 3.8) is 0 Å². The molecule has 1 aliphatic rings. The molecule has 1 aromatic rings.